The van der Waals surface area contributed by atoms with E-state index in [2.05, 4.69) is 9.71 Å². The molecule has 1 aliphatic carbocycles. The maximum atomic E-state index is 12.3. The third-order valence-corrected chi connectivity index (χ3v) is 6.02. The van der Waals surface area contributed by atoms with Gasteiger partial charge in [0, 0.05) is 4.88 Å². The molecule has 0 saturated heterocycles. The van der Waals surface area contributed by atoms with Crippen molar-refractivity contribution in [3.8, 4) is 0 Å². The Kier molecular flexibility index (Phi) is 3.52. The SMILES string of the molecule is CCc1ccc(S(=O)(=O)Nc2nc3c(s2)CCC3)cc1. The Morgan fingerprint density at radius 3 is 2.65 bits per heavy atom. The molecular formula is C14H16N2O2S2. The Morgan fingerprint density at radius 1 is 1.25 bits per heavy atom. The number of benzene rings is 1. The van der Waals surface area contributed by atoms with Crippen LogP contribution < -0.4 is 4.72 Å². The molecule has 6 heteroatoms. The van der Waals surface area contributed by atoms with Gasteiger partial charge in [-0.25, -0.2) is 13.4 Å². The molecule has 0 saturated carbocycles. The fraction of sp³-hybridized carbons (Fsp3) is 0.357. The molecule has 0 unspecified atom stereocenters. The smallest absolute Gasteiger partial charge is 0.255 e. The fourth-order valence-electron chi connectivity index (χ4n) is 2.31. The summed E-state index contributed by atoms with van der Waals surface area (Å²) in [4.78, 5) is 5.86. The predicted octanol–water partition coefficient (Wildman–Crippen LogP) is 3.00. The minimum Gasteiger partial charge on any atom is -0.255 e. The van der Waals surface area contributed by atoms with Crippen LogP contribution in [0.4, 0.5) is 5.13 Å². The molecule has 1 aliphatic rings. The second kappa shape index (κ2) is 5.18. The zero-order chi connectivity index (χ0) is 14.2. The van der Waals surface area contributed by atoms with E-state index in [4.69, 9.17) is 0 Å². The lowest BCUT2D eigenvalue weighted by atomic mass is 10.2. The summed E-state index contributed by atoms with van der Waals surface area (Å²) in [5, 5.41) is 0.481. The normalized spacial score (nSPS) is 14.2. The molecule has 0 atom stereocenters. The van der Waals surface area contributed by atoms with Gasteiger partial charge >= 0.3 is 0 Å². The standard InChI is InChI=1S/C14H16N2O2S2/c1-2-10-6-8-11(9-7-10)20(17,18)16-14-15-12-4-3-5-13(12)19-14/h6-9H,2-5H2,1H3,(H,15,16). The molecule has 2 aromatic rings. The molecule has 1 heterocycles. The van der Waals surface area contributed by atoms with Crippen molar-refractivity contribution in [2.75, 3.05) is 4.72 Å². The maximum Gasteiger partial charge on any atom is 0.263 e. The largest absolute Gasteiger partial charge is 0.263 e. The van der Waals surface area contributed by atoms with E-state index in [-0.39, 0.29) is 4.90 Å². The van der Waals surface area contributed by atoms with Crippen LogP contribution in [0.5, 0.6) is 0 Å². The molecule has 0 radical (unpaired) electrons. The van der Waals surface area contributed by atoms with Crippen LogP contribution in [0.25, 0.3) is 0 Å². The summed E-state index contributed by atoms with van der Waals surface area (Å²) in [7, 11) is -3.53. The van der Waals surface area contributed by atoms with Crippen molar-refractivity contribution in [3.63, 3.8) is 0 Å². The molecule has 1 aromatic carbocycles. The molecule has 3 rings (SSSR count). The van der Waals surface area contributed by atoms with Crippen molar-refractivity contribution in [1.29, 1.82) is 0 Å². The van der Waals surface area contributed by atoms with Gasteiger partial charge < -0.3 is 0 Å². The molecule has 0 bridgehead atoms. The van der Waals surface area contributed by atoms with E-state index in [0.29, 0.717) is 5.13 Å². The highest BCUT2D eigenvalue weighted by Gasteiger charge is 2.20. The van der Waals surface area contributed by atoms with Crippen LogP contribution in [-0.2, 0) is 29.3 Å². The van der Waals surface area contributed by atoms with Gasteiger partial charge in [0.2, 0.25) is 0 Å². The lowest BCUT2D eigenvalue weighted by Crippen LogP contribution is -2.12. The van der Waals surface area contributed by atoms with E-state index < -0.39 is 10.0 Å². The lowest BCUT2D eigenvalue weighted by molar-refractivity contribution is 0.601. The van der Waals surface area contributed by atoms with Crippen LogP contribution in [0, 0.1) is 0 Å². The molecular weight excluding hydrogens is 292 g/mol. The first-order chi connectivity index (χ1) is 9.58. The number of aromatic nitrogens is 1. The Hall–Kier alpha value is -1.40. The topological polar surface area (TPSA) is 59.1 Å². The summed E-state index contributed by atoms with van der Waals surface area (Å²) in [6.45, 7) is 2.04. The molecule has 0 spiro atoms. The molecule has 1 aromatic heterocycles. The summed E-state index contributed by atoms with van der Waals surface area (Å²) in [5.41, 5.74) is 2.17. The number of thiazole rings is 1. The molecule has 1 N–H and O–H groups in total. The second-order valence-corrected chi connectivity index (χ2v) is 7.61. The number of fused-ring (bicyclic) bond motifs is 1. The molecule has 20 heavy (non-hydrogen) atoms. The zero-order valence-electron chi connectivity index (χ0n) is 11.2. The third-order valence-electron chi connectivity index (χ3n) is 3.46. The van der Waals surface area contributed by atoms with Crippen molar-refractivity contribution in [2.45, 2.75) is 37.5 Å². The van der Waals surface area contributed by atoms with Crippen LogP contribution in [-0.4, -0.2) is 13.4 Å². The van der Waals surface area contributed by atoms with E-state index in [1.54, 1.807) is 12.1 Å². The van der Waals surface area contributed by atoms with Gasteiger partial charge in [-0.2, -0.15) is 0 Å². The lowest BCUT2D eigenvalue weighted by Gasteiger charge is -2.06. The zero-order valence-corrected chi connectivity index (χ0v) is 12.9. The highest BCUT2D eigenvalue weighted by molar-refractivity contribution is 7.93. The maximum absolute atomic E-state index is 12.3. The summed E-state index contributed by atoms with van der Waals surface area (Å²) in [6, 6.07) is 6.97. The summed E-state index contributed by atoms with van der Waals surface area (Å²) in [5.74, 6) is 0. The quantitative estimate of drug-likeness (QED) is 0.944. The van der Waals surface area contributed by atoms with Crippen LogP contribution in [0.2, 0.25) is 0 Å². The van der Waals surface area contributed by atoms with E-state index in [0.717, 1.165) is 36.9 Å². The number of hydrogen-bond donors (Lipinski definition) is 1. The van der Waals surface area contributed by atoms with Crippen molar-refractivity contribution in [3.05, 3.63) is 40.4 Å². The minimum absolute atomic E-state index is 0.282. The van der Waals surface area contributed by atoms with E-state index in [1.165, 1.54) is 16.2 Å². The van der Waals surface area contributed by atoms with Crippen LogP contribution in [0.15, 0.2) is 29.2 Å². The summed E-state index contributed by atoms with van der Waals surface area (Å²) < 4.78 is 27.1. The number of nitrogens with one attached hydrogen (secondary N) is 1. The summed E-state index contributed by atoms with van der Waals surface area (Å²) in [6.07, 6.45) is 3.99. The number of aryl methyl sites for hydroxylation is 3. The molecule has 0 amide bonds. The number of nitrogens with zero attached hydrogens (tertiary/aromatic N) is 1. The van der Waals surface area contributed by atoms with Crippen LogP contribution in [0.1, 0.15) is 29.5 Å². The average molecular weight is 308 g/mol. The van der Waals surface area contributed by atoms with Gasteiger partial charge in [0.25, 0.3) is 10.0 Å². The molecule has 0 fully saturated rings. The van der Waals surface area contributed by atoms with Crippen molar-refractivity contribution >= 4 is 26.5 Å². The van der Waals surface area contributed by atoms with Crippen molar-refractivity contribution < 1.29 is 8.42 Å². The number of anilines is 1. The Morgan fingerprint density at radius 2 is 2.00 bits per heavy atom. The van der Waals surface area contributed by atoms with E-state index in [9.17, 15) is 8.42 Å². The number of hydrogen-bond acceptors (Lipinski definition) is 4. The third kappa shape index (κ3) is 2.58. The average Bonchev–Trinajstić information content (AvgIpc) is 2.99. The fourth-order valence-corrected chi connectivity index (χ4v) is 4.60. The number of sulfonamides is 1. The second-order valence-electron chi connectivity index (χ2n) is 4.85. The Labute approximate surface area is 122 Å². The first kappa shape index (κ1) is 13.6. The highest BCUT2D eigenvalue weighted by atomic mass is 32.2. The van der Waals surface area contributed by atoms with Gasteiger partial charge in [-0.1, -0.05) is 19.1 Å². The molecule has 4 nitrogen and oxygen atoms in total. The highest BCUT2D eigenvalue weighted by Crippen LogP contribution is 2.31. The Bertz CT molecular complexity index is 697. The van der Waals surface area contributed by atoms with Gasteiger partial charge in [0.1, 0.15) is 0 Å². The van der Waals surface area contributed by atoms with Crippen molar-refractivity contribution in [2.24, 2.45) is 0 Å². The Balaban J connectivity index is 1.83. The first-order valence-corrected chi connectivity index (χ1v) is 8.99. The van der Waals surface area contributed by atoms with Crippen LogP contribution in [0.3, 0.4) is 0 Å². The predicted molar refractivity (Wildman–Crippen MR) is 80.8 cm³/mol. The number of rotatable bonds is 4. The van der Waals surface area contributed by atoms with Gasteiger partial charge in [-0.15, -0.1) is 11.3 Å². The summed E-state index contributed by atoms with van der Waals surface area (Å²) >= 11 is 1.45. The minimum atomic E-state index is -3.53. The molecule has 106 valence electrons. The van der Waals surface area contributed by atoms with Gasteiger partial charge in [0.15, 0.2) is 5.13 Å². The van der Waals surface area contributed by atoms with E-state index >= 15 is 0 Å². The monoisotopic (exact) mass is 308 g/mol. The van der Waals surface area contributed by atoms with Gasteiger partial charge in [0.05, 0.1) is 10.6 Å². The van der Waals surface area contributed by atoms with Gasteiger partial charge in [-0.3, -0.25) is 4.72 Å². The molecule has 0 aliphatic heterocycles. The van der Waals surface area contributed by atoms with Gasteiger partial charge in [-0.05, 0) is 43.4 Å². The van der Waals surface area contributed by atoms with Crippen molar-refractivity contribution in [1.82, 2.24) is 4.98 Å². The van der Waals surface area contributed by atoms with Crippen LogP contribution >= 0.6 is 11.3 Å². The first-order valence-electron chi connectivity index (χ1n) is 6.69. The van der Waals surface area contributed by atoms with E-state index in [1.807, 2.05) is 19.1 Å².